The Hall–Kier alpha value is -1.68. The summed E-state index contributed by atoms with van der Waals surface area (Å²) in [5.41, 5.74) is 4.06. The molecule has 2 aromatic rings. The van der Waals surface area contributed by atoms with Gasteiger partial charge in [0, 0.05) is 31.6 Å². The van der Waals surface area contributed by atoms with Crippen LogP contribution in [-0.4, -0.2) is 19.9 Å². The summed E-state index contributed by atoms with van der Waals surface area (Å²) >= 11 is 0. The van der Waals surface area contributed by atoms with E-state index in [1.165, 1.54) is 0 Å². The Morgan fingerprint density at radius 3 is 2.83 bits per heavy atom. The number of aryl methyl sites for hydroxylation is 3. The van der Waals surface area contributed by atoms with Gasteiger partial charge in [-0.3, -0.25) is 9.67 Å². The van der Waals surface area contributed by atoms with Gasteiger partial charge < -0.3 is 5.11 Å². The van der Waals surface area contributed by atoms with Gasteiger partial charge in [0.2, 0.25) is 0 Å². The molecule has 0 saturated carbocycles. The van der Waals surface area contributed by atoms with Crippen LogP contribution in [0, 0.1) is 6.92 Å². The first kappa shape index (κ1) is 12.8. The molecule has 1 N–H and O–H groups in total. The molecule has 2 aromatic heterocycles. The first-order chi connectivity index (χ1) is 8.61. The highest BCUT2D eigenvalue weighted by molar-refractivity contribution is 5.25. The smallest absolute Gasteiger partial charge is 0.0848 e. The van der Waals surface area contributed by atoms with Gasteiger partial charge in [-0.15, -0.1) is 0 Å². The molecule has 0 aromatic carbocycles. The molecule has 96 valence electrons. The highest BCUT2D eigenvalue weighted by Crippen LogP contribution is 2.21. The lowest BCUT2D eigenvalue weighted by Crippen LogP contribution is -2.07. The van der Waals surface area contributed by atoms with Crippen molar-refractivity contribution in [2.75, 3.05) is 0 Å². The lowest BCUT2D eigenvalue weighted by molar-refractivity contribution is 0.175. The Balaban J connectivity index is 2.18. The largest absolute Gasteiger partial charge is 0.388 e. The minimum atomic E-state index is -0.506. The summed E-state index contributed by atoms with van der Waals surface area (Å²) in [4.78, 5) is 4.04. The van der Waals surface area contributed by atoms with Crippen molar-refractivity contribution >= 4 is 0 Å². The van der Waals surface area contributed by atoms with Crippen LogP contribution in [0.3, 0.4) is 0 Å². The average Bonchev–Trinajstić information content (AvgIpc) is 2.70. The quantitative estimate of drug-likeness (QED) is 0.896. The summed E-state index contributed by atoms with van der Waals surface area (Å²) < 4.78 is 1.85. The number of nitrogens with zero attached hydrogens (tertiary/aromatic N) is 3. The summed E-state index contributed by atoms with van der Waals surface area (Å²) in [5.74, 6) is 0. The zero-order valence-corrected chi connectivity index (χ0v) is 11.1. The molecule has 0 bridgehead atoms. The maximum atomic E-state index is 10.3. The average molecular weight is 245 g/mol. The predicted molar refractivity (Wildman–Crippen MR) is 70.2 cm³/mol. The van der Waals surface area contributed by atoms with Gasteiger partial charge in [-0.25, -0.2) is 0 Å². The SMILES string of the molecule is CCc1cc(CC(O)c2ccncc2C)n(C)n1. The van der Waals surface area contributed by atoms with E-state index < -0.39 is 6.10 Å². The number of aliphatic hydroxyl groups excluding tert-OH is 1. The van der Waals surface area contributed by atoms with Crippen LogP contribution >= 0.6 is 0 Å². The summed E-state index contributed by atoms with van der Waals surface area (Å²) in [6.45, 7) is 4.04. The van der Waals surface area contributed by atoms with E-state index in [0.717, 1.165) is 28.9 Å². The van der Waals surface area contributed by atoms with E-state index in [2.05, 4.69) is 23.1 Å². The van der Waals surface area contributed by atoms with Gasteiger partial charge in [-0.1, -0.05) is 6.92 Å². The maximum absolute atomic E-state index is 10.3. The lowest BCUT2D eigenvalue weighted by Gasteiger charge is -2.13. The molecule has 0 saturated heterocycles. The maximum Gasteiger partial charge on any atom is 0.0848 e. The second-order valence-corrected chi connectivity index (χ2v) is 4.56. The van der Waals surface area contributed by atoms with Crippen molar-refractivity contribution in [2.45, 2.75) is 32.8 Å². The normalized spacial score (nSPS) is 12.7. The molecule has 0 aliphatic heterocycles. The number of aliphatic hydroxyl groups is 1. The van der Waals surface area contributed by atoms with Gasteiger partial charge in [0.1, 0.15) is 0 Å². The Labute approximate surface area is 107 Å². The minimum absolute atomic E-state index is 0.506. The zero-order valence-electron chi connectivity index (χ0n) is 11.1. The van der Waals surface area contributed by atoms with E-state index in [0.29, 0.717) is 6.42 Å². The number of rotatable bonds is 4. The molecule has 0 amide bonds. The van der Waals surface area contributed by atoms with Gasteiger partial charge in [-0.05, 0) is 36.6 Å². The summed E-state index contributed by atoms with van der Waals surface area (Å²) in [7, 11) is 1.92. The molecule has 0 spiro atoms. The second kappa shape index (κ2) is 5.31. The van der Waals surface area contributed by atoms with Crippen molar-refractivity contribution in [1.82, 2.24) is 14.8 Å². The van der Waals surface area contributed by atoms with Gasteiger partial charge in [0.05, 0.1) is 11.8 Å². The van der Waals surface area contributed by atoms with E-state index in [4.69, 9.17) is 0 Å². The summed E-state index contributed by atoms with van der Waals surface area (Å²) in [6, 6.07) is 3.93. The van der Waals surface area contributed by atoms with Crippen molar-refractivity contribution in [1.29, 1.82) is 0 Å². The third-order valence-corrected chi connectivity index (χ3v) is 3.21. The number of pyridine rings is 1. The van der Waals surface area contributed by atoms with Gasteiger partial charge >= 0.3 is 0 Å². The Morgan fingerprint density at radius 1 is 1.44 bits per heavy atom. The standard InChI is InChI=1S/C14H19N3O/c1-4-11-7-12(17(3)16-11)8-14(18)13-5-6-15-9-10(13)2/h5-7,9,14,18H,4,8H2,1-3H3. The fourth-order valence-electron chi connectivity index (χ4n) is 2.10. The molecular formula is C14H19N3O. The van der Waals surface area contributed by atoms with Crippen molar-refractivity contribution in [3.63, 3.8) is 0 Å². The fraction of sp³-hybridized carbons (Fsp3) is 0.429. The fourth-order valence-corrected chi connectivity index (χ4v) is 2.10. The van der Waals surface area contributed by atoms with Crippen molar-refractivity contribution in [3.05, 3.63) is 47.0 Å². The molecule has 0 aliphatic rings. The van der Waals surface area contributed by atoms with E-state index >= 15 is 0 Å². The molecular weight excluding hydrogens is 226 g/mol. The monoisotopic (exact) mass is 245 g/mol. The molecule has 4 nitrogen and oxygen atoms in total. The first-order valence-electron chi connectivity index (χ1n) is 6.22. The first-order valence-corrected chi connectivity index (χ1v) is 6.22. The predicted octanol–water partition coefficient (Wildman–Crippen LogP) is 1.96. The molecule has 0 radical (unpaired) electrons. The van der Waals surface area contributed by atoms with Gasteiger partial charge in [0.15, 0.2) is 0 Å². The molecule has 2 heterocycles. The molecule has 1 unspecified atom stereocenters. The summed E-state index contributed by atoms with van der Waals surface area (Å²) in [5, 5.41) is 14.7. The third-order valence-electron chi connectivity index (χ3n) is 3.21. The van der Waals surface area contributed by atoms with Crippen LogP contribution in [0.2, 0.25) is 0 Å². The van der Waals surface area contributed by atoms with Crippen molar-refractivity contribution < 1.29 is 5.11 Å². The Bertz CT molecular complexity index is 534. The second-order valence-electron chi connectivity index (χ2n) is 4.56. The Morgan fingerprint density at radius 2 is 2.22 bits per heavy atom. The number of aromatic nitrogens is 3. The zero-order chi connectivity index (χ0) is 13.1. The minimum Gasteiger partial charge on any atom is -0.388 e. The van der Waals surface area contributed by atoms with E-state index in [9.17, 15) is 5.11 Å². The highest BCUT2D eigenvalue weighted by atomic mass is 16.3. The van der Waals surface area contributed by atoms with Crippen LogP contribution in [0.15, 0.2) is 24.5 Å². The van der Waals surface area contributed by atoms with Crippen molar-refractivity contribution in [3.8, 4) is 0 Å². The van der Waals surface area contributed by atoms with E-state index in [1.807, 2.05) is 24.7 Å². The topological polar surface area (TPSA) is 50.9 Å². The number of hydrogen-bond acceptors (Lipinski definition) is 3. The highest BCUT2D eigenvalue weighted by Gasteiger charge is 2.14. The van der Waals surface area contributed by atoms with Crippen LogP contribution in [0.1, 0.15) is 35.5 Å². The van der Waals surface area contributed by atoms with Crippen LogP contribution < -0.4 is 0 Å². The lowest BCUT2D eigenvalue weighted by atomic mass is 10.0. The molecule has 0 aliphatic carbocycles. The Kier molecular flexibility index (Phi) is 3.77. The number of hydrogen-bond donors (Lipinski definition) is 1. The molecule has 1 atom stereocenters. The van der Waals surface area contributed by atoms with Crippen LogP contribution in [0.25, 0.3) is 0 Å². The molecule has 18 heavy (non-hydrogen) atoms. The van der Waals surface area contributed by atoms with E-state index in [1.54, 1.807) is 12.4 Å². The molecule has 0 fully saturated rings. The molecule has 2 rings (SSSR count). The van der Waals surface area contributed by atoms with Crippen LogP contribution in [0.4, 0.5) is 0 Å². The molecule has 4 heteroatoms. The van der Waals surface area contributed by atoms with Crippen LogP contribution in [-0.2, 0) is 19.9 Å². The van der Waals surface area contributed by atoms with Gasteiger partial charge in [-0.2, -0.15) is 5.10 Å². The van der Waals surface area contributed by atoms with Gasteiger partial charge in [0.25, 0.3) is 0 Å². The summed E-state index contributed by atoms with van der Waals surface area (Å²) in [6.07, 6.45) is 4.48. The third kappa shape index (κ3) is 2.59. The van der Waals surface area contributed by atoms with Crippen LogP contribution in [0.5, 0.6) is 0 Å². The van der Waals surface area contributed by atoms with E-state index in [-0.39, 0.29) is 0 Å². The van der Waals surface area contributed by atoms with Crippen molar-refractivity contribution in [2.24, 2.45) is 7.05 Å².